The zero-order chi connectivity index (χ0) is 22.1. The summed E-state index contributed by atoms with van der Waals surface area (Å²) in [6.07, 6.45) is 4.18. The lowest BCUT2D eigenvalue weighted by Gasteiger charge is -2.39. The van der Waals surface area contributed by atoms with Gasteiger partial charge in [0.15, 0.2) is 0 Å². The Bertz CT molecular complexity index is 806. The quantitative estimate of drug-likeness (QED) is 0.503. The molecule has 0 aliphatic carbocycles. The minimum absolute atomic E-state index is 0. The molecule has 1 aliphatic rings. The number of carbonyl (C=O) groups excluding carboxylic acids is 1. The summed E-state index contributed by atoms with van der Waals surface area (Å²) in [6.45, 7) is 7.60. The number of hydrogen-bond donors (Lipinski definition) is 1. The second kappa shape index (κ2) is 12.8. The maximum atomic E-state index is 12.3. The van der Waals surface area contributed by atoms with Crippen LogP contribution < -0.4 is 9.64 Å². The van der Waals surface area contributed by atoms with Gasteiger partial charge in [-0.3, -0.25) is 9.69 Å². The number of halogens is 1. The Kier molecular flexibility index (Phi) is 10.5. The Morgan fingerprint density at radius 1 is 1.09 bits per heavy atom. The average molecular weight is 461 g/mol. The zero-order valence-electron chi connectivity index (χ0n) is 19.3. The van der Waals surface area contributed by atoms with Gasteiger partial charge in [-0.15, -0.1) is 12.4 Å². The number of carbonyl (C=O) groups is 1. The third-order valence-electron chi connectivity index (χ3n) is 6.13. The van der Waals surface area contributed by atoms with Gasteiger partial charge in [-0.2, -0.15) is 0 Å². The van der Waals surface area contributed by atoms with Crippen molar-refractivity contribution < 1.29 is 14.6 Å². The van der Waals surface area contributed by atoms with Gasteiger partial charge in [-0.1, -0.05) is 43.7 Å². The van der Waals surface area contributed by atoms with Gasteiger partial charge in [0.05, 0.1) is 12.2 Å². The number of anilines is 1. The number of piperidine rings is 1. The fourth-order valence-electron chi connectivity index (χ4n) is 4.06. The first kappa shape index (κ1) is 26.2. The molecule has 0 unspecified atom stereocenters. The van der Waals surface area contributed by atoms with Gasteiger partial charge in [-0.05, 0) is 55.5 Å². The SMILES string of the molecule is CCCCOc1ccc(N(CCC2(O)CCN(Cc3ccccc3)CC2)C(C)=O)cc1.Cl. The molecule has 0 bridgehead atoms. The van der Waals surface area contributed by atoms with Crippen molar-refractivity contribution >= 4 is 24.0 Å². The van der Waals surface area contributed by atoms with Crippen LogP contribution in [0.15, 0.2) is 54.6 Å². The molecule has 32 heavy (non-hydrogen) atoms. The van der Waals surface area contributed by atoms with E-state index in [1.807, 2.05) is 30.3 Å². The first-order valence-electron chi connectivity index (χ1n) is 11.5. The minimum atomic E-state index is -0.718. The van der Waals surface area contributed by atoms with Crippen LogP contribution in [0.5, 0.6) is 5.75 Å². The van der Waals surface area contributed by atoms with Crippen LogP contribution in [0.4, 0.5) is 5.69 Å². The topological polar surface area (TPSA) is 53.0 Å². The number of benzene rings is 2. The van der Waals surface area contributed by atoms with Crippen molar-refractivity contribution in [3.8, 4) is 5.75 Å². The molecule has 0 radical (unpaired) electrons. The summed E-state index contributed by atoms with van der Waals surface area (Å²) in [4.78, 5) is 16.4. The Hall–Kier alpha value is -2.08. The normalized spacial score (nSPS) is 15.6. The van der Waals surface area contributed by atoms with E-state index < -0.39 is 5.60 Å². The van der Waals surface area contributed by atoms with Crippen molar-refractivity contribution in [3.63, 3.8) is 0 Å². The summed E-state index contributed by atoms with van der Waals surface area (Å²) < 4.78 is 5.72. The van der Waals surface area contributed by atoms with Crippen LogP contribution in [0.25, 0.3) is 0 Å². The van der Waals surface area contributed by atoms with Crippen LogP contribution in [-0.2, 0) is 11.3 Å². The van der Waals surface area contributed by atoms with Crippen molar-refractivity contribution in [2.45, 2.75) is 58.1 Å². The van der Waals surface area contributed by atoms with Crippen LogP contribution in [0.2, 0.25) is 0 Å². The minimum Gasteiger partial charge on any atom is -0.494 e. The fourth-order valence-corrected chi connectivity index (χ4v) is 4.06. The van der Waals surface area contributed by atoms with Crippen LogP contribution in [-0.4, -0.2) is 47.8 Å². The number of ether oxygens (including phenoxy) is 1. The van der Waals surface area contributed by atoms with Gasteiger partial charge < -0.3 is 14.7 Å². The maximum absolute atomic E-state index is 12.3. The number of hydrogen-bond acceptors (Lipinski definition) is 4. The highest BCUT2D eigenvalue weighted by Crippen LogP contribution is 2.28. The Morgan fingerprint density at radius 3 is 2.34 bits per heavy atom. The molecule has 176 valence electrons. The largest absolute Gasteiger partial charge is 0.494 e. The molecule has 1 fully saturated rings. The molecule has 1 amide bonds. The van der Waals surface area contributed by atoms with Crippen molar-refractivity contribution in [1.29, 1.82) is 0 Å². The number of amides is 1. The molecule has 0 aromatic heterocycles. The van der Waals surface area contributed by atoms with Crippen LogP contribution >= 0.6 is 12.4 Å². The summed E-state index contributed by atoms with van der Waals surface area (Å²) in [7, 11) is 0. The molecule has 1 aliphatic heterocycles. The van der Waals surface area contributed by atoms with E-state index in [9.17, 15) is 9.90 Å². The monoisotopic (exact) mass is 460 g/mol. The molecule has 0 atom stereocenters. The van der Waals surface area contributed by atoms with E-state index in [-0.39, 0.29) is 18.3 Å². The Balaban J connectivity index is 0.00000363. The van der Waals surface area contributed by atoms with Gasteiger partial charge >= 0.3 is 0 Å². The molecule has 3 rings (SSSR count). The second-order valence-corrected chi connectivity index (χ2v) is 8.60. The number of likely N-dealkylation sites (tertiary alicyclic amines) is 1. The summed E-state index contributed by atoms with van der Waals surface area (Å²) in [5.41, 5.74) is 1.43. The van der Waals surface area contributed by atoms with E-state index in [2.05, 4.69) is 36.1 Å². The van der Waals surface area contributed by atoms with Crippen molar-refractivity contribution in [3.05, 3.63) is 60.2 Å². The molecule has 0 saturated carbocycles. The third-order valence-corrected chi connectivity index (χ3v) is 6.13. The molecule has 1 N–H and O–H groups in total. The first-order chi connectivity index (χ1) is 15.0. The molecule has 6 heteroatoms. The van der Waals surface area contributed by atoms with Gasteiger partial charge in [0.2, 0.25) is 5.91 Å². The molecule has 2 aromatic rings. The standard InChI is InChI=1S/C26H36N2O3.ClH/c1-3-4-20-31-25-12-10-24(11-13-25)28(22(2)29)19-16-26(30)14-17-27(18-15-26)21-23-8-6-5-7-9-23;/h5-13,30H,3-4,14-21H2,1-2H3;1H. The number of unbranched alkanes of at least 4 members (excludes halogenated alkanes) is 1. The molecule has 5 nitrogen and oxygen atoms in total. The van der Waals surface area contributed by atoms with Crippen molar-refractivity contribution in [2.75, 3.05) is 31.1 Å². The smallest absolute Gasteiger partial charge is 0.223 e. The molecule has 1 heterocycles. The number of rotatable bonds is 10. The van der Waals surface area contributed by atoms with Crippen LogP contribution in [0, 0.1) is 0 Å². The Morgan fingerprint density at radius 2 is 1.75 bits per heavy atom. The molecule has 1 saturated heterocycles. The summed E-state index contributed by atoms with van der Waals surface area (Å²) >= 11 is 0. The van der Waals surface area contributed by atoms with Gasteiger partial charge in [0.25, 0.3) is 0 Å². The van der Waals surface area contributed by atoms with E-state index in [1.54, 1.807) is 11.8 Å². The summed E-state index contributed by atoms with van der Waals surface area (Å²) in [5.74, 6) is 0.815. The van der Waals surface area contributed by atoms with E-state index in [0.717, 1.165) is 56.8 Å². The highest BCUT2D eigenvalue weighted by atomic mass is 35.5. The maximum Gasteiger partial charge on any atom is 0.223 e. The number of aliphatic hydroxyl groups is 1. The van der Waals surface area contributed by atoms with Gasteiger partial charge in [0.1, 0.15) is 5.75 Å². The lowest BCUT2D eigenvalue weighted by molar-refractivity contribution is -0.116. The lowest BCUT2D eigenvalue weighted by Crippen LogP contribution is -2.46. The van der Waals surface area contributed by atoms with Crippen molar-refractivity contribution in [1.82, 2.24) is 4.90 Å². The summed E-state index contributed by atoms with van der Waals surface area (Å²) in [5, 5.41) is 11.1. The molecular formula is C26H37ClN2O3. The van der Waals surface area contributed by atoms with E-state index in [4.69, 9.17) is 4.74 Å². The number of nitrogens with zero attached hydrogens (tertiary/aromatic N) is 2. The van der Waals surface area contributed by atoms with E-state index in [1.165, 1.54) is 5.56 Å². The van der Waals surface area contributed by atoms with E-state index in [0.29, 0.717) is 19.6 Å². The summed E-state index contributed by atoms with van der Waals surface area (Å²) in [6, 6.07) is 18.1. The highest BCUT2D eigenvalue weighted by Gasteiger charge is 2.32. The zero-order valence-corrected chi connectivity index (χ0v) is 20.2. The predicted molar refractivity (Wildman–Crippen MR) is 133 cm³/mol. The van der Waals surface area contributed by atoms with E-state index >= 15 is 0 Å². The average Bonchev–Trinajstić information content (AvgIpc) is 2.77. The van der Waals surface area contributed by atoms with Crippen molar-refractivity contribution in [2.24, 2.45) is 0 Å². The molecule has 2 aromatic carbocycles. The van der Waals surface area contributed by atoms with Gasteiger partial charge in [-0.25, -0.2) is 0 Å². The predicted octanol–water partition coefficient (Wildman–Crippen LogP) is 5.06. The second-order valence-electron chi connectivity index (χ2n) is 8.60. The lowest BCUT2D eigenvalue weighted by atomic mass is 9.87. The highest BCUT2D eigenvalue weighted by molar-refractivity contribution is 5.91. The molecule has 0 spiro atoms. The van der Waals surface area contributed by atoms with Crippen LogP contribution in [0.1, 0.15) is 51.5 Å². The third kappa shape index (κ3) is 7.80. The molecular weight excluding hydrogens is 424 g/mol. The fraction of sp³-hybridized carbons (Fsp3) is 0.500. The first-order valence-corrected chi connectivity index (χ1v) is 11.5. The Labute approximate surface area is 198 Å². The van der Waals surface area contributed by atoms with Gasteiger partial charge in [0, 0.05) is 38.8 Å². The van der Waals surface area contributed by atoms with Crippen LogP contribution in [0.3, 0.4) is 0 Å².